The molecule has 0 heterocycles. The van der Waals surface area contributed by atoms with Gasteiger partial charge in [0, 0.05) is 12.8 Å². The highest BCUT2D eigenvalue weighted by atomic mass is 16.7. The molecule has 0 bridgehead atoms. The molecule has 0 rings (SSSR count). The van der Waals surface area contributed by atoms with Gasteiger partial charge in [-0.15, -0.1) is 0 Å². The van der Waals surface area contributed by atoms with E-state index in [0.29, 0.717) is 17.4 Å². The van der Waals surface area contributed by atoms with Gasteiger partial charge in [-0.05, 0) is 83.5 Å². The molecule has 78 heavy (non-hydrogen) atoms. The summed E-state index contributed by atoms with van der Waals surface area (Å²) in [6.07, 6.45) is 78.6. The van der Waals surface area contributed by atoms with Gasteiger partial charge in [-0.1, -0.05) is 264 Å². The van der Waals surface area contributed by atoms with E-state index in [1.165, 1.54) is 122 Å². The third kappa shape index (κ3) is 59.6. The Kier molecular flexibility index (Phi) is 56.0. The predicted molar refractivity (Wildman–Crippen MR) is 329 cm³/mol. The van der Waals surface area contributed by atoms with Crippen LogP contribution in [0.2, 0.25) is 0 Å². The molecule has 0 aromatic carbocycles. The van der Waals surface area contributed by atoms with Crippen molar-refractivity contribution in [3.63, 3.8) is 0 Å². The Labute approximate surface area is 479 Å². The van der Waals surface area contributed by atoms with E-state index in [-0.39, 0.29) is 38.6 Å². The highest BCUT2D eigenvalue weighted by Gasteiger charge is 2.22. The number of nitrogens with zero attached hydrogens (tertiary/aromatic N) is 1. The van der Waals surface area contributed by atoms with Crippen LogP contribution >= 0.6 is 0 Å². The van der Waals surface area contributed by atoms with Crippen molar-refractivity contribution in [3.8, 4) is 0 Å². The van der Waals surface area contributed by atoms with E-state index >= 15 is 0 Å². The molecule has 0 aromatic heterocycles. The van der Waals surface area contributed by atoms with Gasteiger partial charge in [0.2, 0.25) is 0 Å². The number of quaternary nitrogens is 1. The van der Waals surface area contributed by atoms with Crippen LogP contribution in [-0.2, 0) is 33.3 Å². The molecule has 9 heteroatoms. The topological polar surface area (TPSA) is 111 Å². The molecule has 0 spiro atoms. The molecule has 0 aliphatic rings. The number of carboxylic acid groups (broad SMARTS) is 1. The minimum Gasteiger partial charge on any atom is -0.545 e. The van der Waals surface area contributed by atoms with Crippen LogP contribution in [-0.4, -0.2) is 82.3 Å². The average molecular weight is 1090 g/mol. The van der Waals surface area contributed by atoms with Crippen LogP contribution in [0.15, 0.2) is 109 Å². The third-order valence-electron chi connectivity index (χ3n) is 13.3. The van der Waals surface area contributed by atoms with Crippen LogP contribution in [0.5, 0.6) is 0 Å². The van der Waals surface area contributed by atoms with Crippen LogP contribution in [0.25, 0.3) is 0 Å². The molecule has 0 saturated heterocycles. The van der Waals surface area contributed by atoms with Crippen molar-refractivity contribution < 1.29 is 42.9 Å². The van der Waals surface area contributed by atoms with E-state index in [0.717, 1.165) is 96.3 Å². The lowest BCUT2D eigenvalue weighted by molar-refractivity contribution is -0.870. The Morgan fingerprint density at radius 2 is 0.731 bits per heavy atom. The Hall–Kier alpha value is -4.05. The zero-order valence-corrected chi connectivity index (χ0v) is 50.8. The number of carbonyl (C=O) groups excluding carboxylic acids is 3. The zero-order valence-electron chi connectivity index (χ0n) is 50.8. The van der Waals surface area contributed by atoms with Gasteiger partial charge in [-0.2, -0.15) is 0 Å². The molecule has 0 radical (unpaired) electrons. The number of allylic oxidation sites excluding steroid dienone is 18. The van der Waals surface area contributed by atoms with Crippen LogP contribution in [0.4, 0.5) is 0 Å². The van der Waals surface area contributed by atoms with Gasteiger partial charge in [-0.3, -0.25) is 9.59 Å². The molecule has 0 aliphatic carbocycles. The highest BCUT2D eigenvalue weighted by molar-refractivity contribution is 5.70. The molecule has 0 N–H and O–H groups in total. The molecule has 2 unspecified atom stereocenters. The number of rotatable bonds is 57. The summed E-state index contributed by atoms with van der Waals surface area (Å²) in [4.78, 5) is 37.4. The number of unbranched alkanes of at least 4 members (excludes halogenated alkanes) is 24. The normalized spacial score (nSPS) is 13.5. The van der Waals surface area contributed by atoms with Gasteiger partial charge in [0.1, 0.15) is 13.2 Å². The number of esters is 2. The summed E-state index contributed by atoms with van der Waals surface area (Å²) in [6, 6.07) is 0. The van der Waals surface area contributed by atoms with E-state index in [1.807, 2.05) is 21.1 Å². The standard InChI is InChI=1S/C69H117NO8/c1-6-8-10-12-14-16-18-20-22-24-26-28-30-31-32-33-34-35-36-37-38-40-42-44-46-48-50-52-54-56-58-60-67(72)78-65(64-77-69(68(73)74)75-62-61-70(3,4)5)63-76-66(71)59-57-55-53-51-49-47-45-43-41-39-29-27-25-23-21-19-17-15-13-11-9-7-2/h8,10,14,16,20,22,26,28,31-32,34-35,37-38,42,44,48,50,65,69H,6-7,9,11-13,15,17-19,21,23-25,27,29-30,33,36,39-41,43,45-47,49,51-64H2,1-5H3/b10-8-,16-14-,22-20-,28-26-,32-31-,35-34-,38-37-,44-42-,50-48-. The maximum atomic E-state index is 12.9. The van der Waals surface area contributed by atoms with Gasteiger partial charge in [0.25, 0.3) is 0 Å². The second-order valence-corrected chi connectivity index (χ2v) is 22.0. The second kappa shape index (κ2) is 59.1. The number of carboxylic acids is 1. The third-order valence-corrected chi connectivity index (χ3v) is 13.3. The van der Waals surface area contributed by atoms with Gasteiger partial charge in [-0.25, -0.2) is 0 Å². The lowest BCUT2D eigenvalue weighted by Gasteiger charge is -2.26. The molecule has 0 fully saturated rings. The van der Waals surface area contributed by atoms with Crippen LogP contribution in [0.3, 0.4) is 0 Å². The lowest BCUT2D eigenvalue weighted by atomic mass is 10.0. The fourth-order valence-electron chi connectivity index (χ4n) is 8.47. The first-order valence-electron chi connectivity index (χ1n) is 31.5. The summed E-state index contributed by atoms with van der Waals surface area (Å²) in [5.41, 5.74) is 0. The minimum atomic E-state index is -1.64. The maximum absolute atomic E-state index is 12.9. The van der Waals surface area contributed by atoms with Gasteiger partial charge in [0.05, 0.1) is 40.3 Å². The van der Waals surface area contributed by atoms with Crippen molar-refractivity contribution in [1.29, 1.82) is 0 Å². The maximum Gasteiger partial charge on any atom is 0.306 e. The number of aliphatic carboxylic acids is 1. The van der Waals surface area contributed by atoms with E-state index in [9.17, 15) is 19.5 Å². The molecule has 446 valence electrons. The van der Waals surface area contributed by atoms with E-state index in [4.69, 9.17) is 18.9 Å². The molecule has 0 aromatic rings. The van der Waals surface area contributed by atoms with E-state index < -0.39 is 24.3 Å². The SMILES string of the molecule is CC/C=C\C/C=C\C/C=C\C/C=C\C/C=C\C/C=C\C/C=C\C/C=C\C/C=C\CCCCCC(=O)OC(COC(=O)CCCCCCCCCCCCCCCCCCCCCCCC)COC(OCC[N+](C)(C)C)C(=O)[O-]. The second-order valence-electron chi connectivity index (χ2n) is 22.0. The van der Waals surface area contributed by atoms with Crippen molar-refractivity contribution in [2.24, 2.45) is 0 Å². The van der Waals surface area contributed by atoms with Crippen molar-refractivity contribution in [2.45, 2.75) is 264 Å². The average Bonchev–Trinajstić information content (AvgIpc) is 3.41. The van der Waals surface area contributed by atoms with Gasteiger partial charge < -0.3 is 33.3 Å². The molecule has 0 saturated carbocycles. The smallest absolute Gasteiger partial charge is 0.306 e. The summed E-state index contributed by atoms with van der Waals surface area (Å²) < 4.78 is 22.7. The number of carbonyl (C=O) groups is 3. The first-order chi connectivity index (χ1) is 38.1. The Morgan fingerprint density at radius 1 is 0.397 bits per heavy atom. The van der Waals surface area contributed by atoms with Crippen molar-refractivity contribution in [2.75, 3.05) is 47.5 Å². The Bertz CT molecular complexity index is 1640. The number of hydrogen-bond acceptors (Lipinski definition) is 8. The monoisotopic (exact) mass is 1090 g/mol. The minimum absolute atomic E-state index is 0.136. The van der Waals surface area contributed by atoms with Crippen molar-refractivity contribution in [1.82, 2.24) is 0 Å². The molecule has 9 nitrogen and oxygen atoms in total. The number of ether oxygens (including phenoxy) is 4. The van der Waals surface area contributed by atoms with Gasteiger partial charge >= 0.3 is 11.9 Å². The quantitative estimate of drug-likeness (QED) is 0.0195. The molecule has 2 atom stereocenters. The van der Waals surface area contributed by atoms with E-state index in [2.05, 4.69) is 123 Å². The van der Waals surface area contributed by atoms with Crippen LogP contribution in [0, 0.1) is 0 Å². The number of likely N-dealkylation sites (N-methyl/N-ethyl adjacent to an activating group) is 1. The van der Waals surface area contributed by atoms with Crippen LogP contribution in [0.1, 0.15) is 251 Å². The Morgan fingerprint density at radius 3 is 1.09 bits per heavy atom. The highest BCUT2D eigenvalue weighted by Crippen LogP contribution is 2.16. The fourth-order valence-corrected chi connectivity index (χ4v) is 8.47. The molecular weight excluding hydrogens is 971 g/mol. The summed E-state index contributed by atoms with van der Waals surface area (Å²) >= 11 is 0. The predicted octanol–water partition coefficient (Wildman–Crippen LogP) is 17.7. The molecule has 0 aliphatic heterocycles. The Balaban J connectivity index is 4.30. The first kappa shape index (κ1) is 74.0. The zero-order chi connectivity index (χ0) is 56.9. The summed E-state index contributed by atoms with van der Waals surface area (Å²) in [6.45, 7) is 4.61. The molecular formula is C69H117NO8. The van der Waals surface area contributed by atoms with Gasteiger partial charge in [0.15, 0.2) is 12.4 Å². The first-order valence-corrected chi connectivity index (χ1v) is 31.5. The largest absolute Gasteiger partial charge is 0.545 e. The van der Waals surface area contributed by atoms with Crippen molar-refractivity contribution >= 4 is 17.9 Å². The fraction of sp³-hybridized carbons (Fsp3) is 0.696. The van der Waals surface area contributed by atoms with E-state index in [1.54, 1.807) is 0 Å². The lowest BCUT2D eigenvalue weighted by Crippen LogP contribution is -2.44. The number of hydrogen-bond donors (Lipinski definition) is 0. The summed E-state index contributed by atoms with van der Waals surface area (Å²) in [7, 11) is 5.91. The molecule has 0 amide bonds. The summed E-state index contributed by atoms with van der Waals surface area (Å²) in [5.74, 6) is -2.33. The summed E-state index contributed by atoms with van der Waals surface area (Å²) in [5, 5.41) is 11.8. The van der Waals surface area contributed by atoms with Crippen molar-refractivity contribution in [3.05, 3.63) is 109 Å². The van der Waals surface area contributed by atoms with Crippen LogP contribution < -0.4 is 5.11 Å².